The molecule has 120 valence electrons. The Morgan fingerprint density at radius 1 is 1.23 bits per heavy atom. The smallest absolute Gasteiger partial charge is 0.255 e. The summed E-state index contributed by atoms with van der Waals surface area (Å²) in [5.41, 5.74) is 1.77. The van der Waals surface area contributed by atoms with E-state index in [1.165, 1.54) is 18.3 Å². The van der Waals surface area contributed by atoms with Gasteiger partial charge in [0.2, 0.25) is 0 Å². The number of carbonyl (C=O) groups excluding carboxylic acids is 1. The molecule has 5 nitrogen and oxygen atoms in total. The second-order valence-electron chi connectivity index (χ2n) is 4.67. The van der Waals surface area contributed by atoms with Crippen LogP contribution in [0, 0.1) is 5.82 Å². The van der Waals surface area contributed by atoms with Gasteiger partial charge in [-0.25, -0.2) is 4.39 Å². The predicted octanol–water partition coefficient (Wildman–Crippen LogP) is 2.37. The van der Waals surface area contributed by atoms with Crippen LogP contribution in [0.25, 0.3) is 11.3 Å². The Kier molecular flexibility index (Phi) is 7.56. The van der Waals surface area contributed by atoms with Crippen LogP contribution in [0.3, 0.4) is 0 Å². The molecule has 0 fully saturated rings. The highest BCUT2D eigenvalue weighted by atomic mass is 35.5. The lowest BCUT2D eigenvalue weighted by Gasteiger charge is -2.06. The Hall–Kier alpha value is -1.92. The van der Waals surface area contributed by atoms with Gasteiger partial charge in [-0.15, -0.1) is 12.4 Å². The maximum atomic E-state index is 12.9. The number of carbonyl (C=O) groups is 1. The molecule has 0 radical (unpaired) electrons. The zero-order chi connectivity index (χ0) is 15.1. The van der Waals surface area contributed by atoms with Gasteiger partial charge in [0.1, 0.15) is 5.82 Å². The molecule has 0 saturated carbocycles. The molecule has 0 bridgehead atoms. The molecular weight excluding hydrogens is 307 g/mol. The SMILES string of the molecule is CCCNCCNC(=O)c1cn[nH]c1-c1ccc(F)cc1.Cl. The van der Waals surface area contributed by atoms with Crippen molar-refractivity contribution in [2.75, 3.05) is 19.6 Å². The van der Waals surface area contributed by atoms with Gasteiger partial charge in [-0.2, -0.15) is 5.10 Å². The van der Waals surface area contributed by atoms with Crippen LogP contribution in [-0.2, 0) is 0 Å². The van der Waals surface area contributed by atoms with Gasteiger partial charge in [0.25, 0.3) is 5.91 Å². The molecule has 1 amide bonds. The standard InChI is InChI=1S/C15H19FN4O.ClH/c1-2-7-17-8-9-18-15(21)13-10-19-20-14(13)11-3-5-12(16)6-4-11;/h3-6,10,17H,2,7-9H2,1H3,(H,18,21)(H,19,20);1H. The maximum Gasteiger partial charge on any atom is 0.255 e. The van der Waals surface area contributed by atoms with E-state index in [0.717, 1.165) is 25.1 Å². The van der Waals surface area contributed by atoms with E-state index in [0.29, 0.717) is 17.8 Å². The Labute approximate surface area is 135 Å². The molecule has 3 N–H and O–H groups in total. The Morgan fingerprint density at radius 3 is 2.64 bits per heavy atom. The van der Waals surface area contributed by atoms with Crippen molar-refractivity contribution in [1.29, 1.82) is 0 Å². The summed E-state index contributed by atoms with van der Waals surface area (Å²) in [6.45, 7) is 4.30. The molecule has 1 heterocycles. The fourth-order valence-electron chi connectivity index (χ4n) is 1.96. The van der Waals surface area contributed by atoms with Gasteiger partial charge < -0.3 is 10.6 Å². The van der Waals surface area contributed by atoms with Gasteiger partial charge in [0.15, 0.2) is 0 Å². The summed E-state index contributed by atoms with van der Waals surface area (Å²) >= 11 is 0. The van der Waals surface area contributed by atoms with Gasteiger partial charge in [-0.1, -0.05) is 6.92 Å². The Bertz CT molecular complexity index is 585. The van der Waals surface area contributed by atoms with Gasteiger partial charge in [-0.3, -0.25) is 9.89 Å². The lowest BCUT2D eigenvalue weighted by molar-refractivity contribution is 0.0954. The van der Waals surface area contributed by atoms with Crippen molar-refractivity contribution in [3.63, 3.8) is 0 Å². The number of nitrogens with zero attached hydrogens (tertiary/aromatic N) is 1. The molecular formula is C15H20ClFN4O. The first-order valence-corrected chi connectivity index (χ1v) is 7.00. The first kappa shape index (κ1) is 18.1. The van der Waals surface area contributed by atoms with E-state index in [4.69, 9.17) is 0 Å². The van der Waals surface area contributed by atoms with Crippen molar-refractivity contribution in [3.05, 3.63) is 41.8 Å². The third-order valence-corrected chi connectivity index (χ3v) is 3.03. The van der Waals surface area contributed by atoms with Crippen LogP contribution in [-0.4, -0.2) is 35.7 Å². The molecule has 0 spiro atoms. The summed E-state index contributed by atoms with van der Waals surface area (Å²) in [4.78, 5) is 12.1. The van der Waals surface area contributed by atoms with Gasteiger partial charge >= 0.3 is 0 Å². The molecule has 1 aromatic heterocycles. The molecule has 22 heavy (non-hydrogen) atoms. The summed E-state index contributed by atoms with van der Waals surface area (Å²) in [7, 11) is 0. The number of H-pyrrole nitrogens is 1. The van der Waals surface area contributed by atoms with Crippen LogP contribution >= 0.6 is 12.4 Å². The topological polar surface area (TPSA) is 69.8 Å². The number of hydrogen-bond donors (Lipinski definition) is 3. The highest BCUT2D eigenvalue weighted by Gasteiger charge is 2.14. The highest BCUT2D eigenvalue weighted by Crippen LogP contribution is 2.21. The summed E-state index contributed by atoms with van der Waals surface area (Å²) in [5, 5.41) is 12.7. The van der Waals surface area contributed by atoms with E-state index in [1.54, 1.807) is 12.1 Å². The minimum absolute atomic E-state index is 0. The minimum atomic E-state index is -0.314. The summed E-state index contributed by atoms with van der Waals surface area (Å²) in [5.74, 6) is -0.507. The lowest BCUT2D eigenvalue weighted by atomic mass is 10.1. The van der Waals surface area contributed by atoms with Gasteiger partial charge in [0, 0.05) is 18.7 Å². The largest absolute Gasteiger partial charge is 0.351 e. The number of hydrogen-bond acceptors (Lipinski definition) is 3. The van der Waals surface area contributed by atoms with Crippen LogP contribution in [0.15, 0.2) is 30.5 Å². The fourth-order valence-corrected chi connectivity index (χ4v) is 1.96. The zero-order valence-electron chi connectivity index (χ0n) is 12.4. The summed E-state index contributed by atoms with van der Waals surface area (Å²) in [6.07, 6.45) is 2.54. The van der Waals surface area contributed by atoms with E-state index >= 15 is 0 Å². The quantitative estimate of drug-likeness (QED) is 0.684. The molecule has 1 aromatic carbocycles. The number of amides is 1. The molecule has 0 aliphatic carbocycles. The normalized spacial score (nSPS) is 10.1. The van der Waals surface area contributed by atoms with Crippen molar-refractivity contribution in [3.8, 4) is 11.3 Å². The average Bonchev–Trinajstić information content (AvgIpc) is 2.97. The van der Waals surface area contributed by atoms with Crippen molar-refractivity contribution >= 4 is 18.3 Å². The van der Waals surface area contributed by atoms with Gasteiger partial charge in [-0.05, 0) is 37.2 Å². The number of nitrogens with one attached hydrogen (secondary N) is 3. The summed E-state index contributed by atoms with van der Waals surface area (Å²) < 4.78 is 12.9. The molecule has 7 heteroatoms. The van der Waals surface area contributed by atoms with Crippen molar-refractivity contribution < 1.29 is 9.18 Å². The van der Waals surface area contributed by atoms with Crippen LogP contribution < -0.4 is 10.6 Å². The number of aromatic amines is 1. The zero-order valence-corrected chi connectivity index (χ0v) is 13.2. The number of aromatic nitrogens is 2. The maximum absolute atomic E-state index is 12.9. The monoisotopic (exact) mass is 326 g/mol. The van der Waals surface area contributed by atoms with E-state index in [-0.39, 0.29) is 24.1 Å². The predicted molar refractivity (Wildman–Crippen MR) is 86.7 cm³/mol. The summed E-state index contributed by atoms with van der Waals surface area (Å²) in [6, 6.07) is 5.93. The molecule has 2 aromatic rings. The third-order valence-electron chi connectivity index (χ3n) is 3.03. The second kappa shape index (κ2) is 9.17. The Morgan fingerprint density at radius 2 is 1.95 bits per heavy atom. The molecule has 0 aliphatic heterocycles. The van der Waals surface area contributed by atoms with Crippen molar-refractivity contribution in [2.24, 2.45) is 0 Å². The minimum Gasteiger partial charge on any atom is -0.351 e. The van der Waals surface area contributed by atoms with E-state index in [9.17, 15) is 9.18 Å². The second-order valence-corrected chi connectivity index (χ2v) is 4.67. The first-order chi connectivity index (χ1) is 10.2. The van der Waals surface area contributed by atoms with Gasteiger partial charge in [0.05, 0.1) is 17.5 Å². The number of halogens is 2. The van der Waals surface area contributed by atoms with Crippen LogP contribution in [0.4, 0.5) is 4.39 Å². The Balaban J connectivity index is 0.00000242. The molecule has 0 aliphatic rings. The van der Waals surface area contributed by atoms with Crippen LogP contribution in [0.5, 0.6) is 0 Å². The molecule has 0 atom stereocenters. The highest BCUT2D eigenvalue weighted by molar-refractivity contribution is 5.99. The molecule has 2 rings (SSSR count). The van der Waals surface area contributed by atoms with E-state index in [2.05, 4.69) is 27.8 Å². The first-order valence-electron chi connectivity index (χ1n) is 7.00. The molecule has 0 saturated heterocycles. The van der Waals surface area contributed by atoms with E-state index < -0.39 is 0 Å². The van der Waals surface area contributed by atoms with Crippen LogP contribution in [0.2, 0.25) is 0 Å². The fraction of sp³-hybridized carbons (Fsp3) is 0.333. The van der Waals surface area contributed by atoms with Crippen molar-refractivity contribution in [1.82, 2.24) is 20.8 Å². The average molecular weight is 327 g/mol. The number of benzene rings is 1. The lowest BCUT2D eigenvalue weighted by Crippen LogP contribution is -2.32. The van der Waals surface area contributed by atoms with Crippen LogP contribution in [0.1, 0.15) is 23.7 Å². The molecule has 0 unspecified atom stereocenters. The van der Waals surface area contributed by atoms with E-state index in [1.807, 2.05) is 0 Å². The van der Waals surface area contributed by atoms with Crippen molar-refractivity contribution in [2.45, 2.75) is 13.3 Å². The number of rotatable bonds is 7. The third kappa shape index (κ3) is 4.82.